The molecule has 1 aliphatic carbocycles. The fourth-order valence-electron chi connectivity index (χ4n) is 4.34. The molecule has 0 bridgehead atoms. The molecule has 188 valence electrons. The van der Waals surface area contributed by atoms with Crippen LogP contribution in [0.3, 0.4) is 0 Å². The molecule has 2 aromatic heterocycles. The number of H-pyrrole nitrogens is 1. The van der Waals surface area contributed by atoms with Crippen LogP contribution in [0.15, 0.2) is 14.7 Å². The Bertz CT molecular complexity index is 1100. The van der Waals surface area contributed by atoms with Crippen LogP contribution < -0.4 is 21.9 Å². The summed E-state index contributed by atoms with van der Waals surface area (Å²) in [6.07, 6.45) is 5.73. The first-order chi connectivity index (χ1) is 16.2. The minimum absolute atomic E-state index is 0.0295. The number of carbonyl (C=O) groups excluding carboxylic acids is 1. The second kappa shape index (κ2) is 11.7. The maximum atomic E-state index is 13.3. The van der Waals surface area contributed by atoms with Gasteiger partial charge in [0, 0.05) is 26.2 Å². The topological polar surface area (TPSA) is 141 Å². The lowest BCUT2D eigenvalue weighted by Crippen LogP contribution is -2.43. The van der Waals surface area contributed by atoms with Crippen molar-refractivity contribution in [2.75, 3.05) is 36.6 Å². The van der Waals surface area contributed by atoms with Gasteiger partial charge in [-0.05, 0) is 25.7 Å². The van der Waals surface area contributed by atoms with E-state index in [9.17, 15) is 14.4 Å². The van der Waals surface area contributed by atoms with Crippen molar-refractivity contribution >= 4 is 29.2 Å². The Morgan fingerprint density at radius 1 is 1.26 bits per heavy atom. The highest BCUT2D eigenvalue weighted by Gasteiger charge is 2.26. The molecule has 2 aromatic rings. The normalized spacial score (nSPS) is 14.6. The number of carbonyl (C=O) groups is 1. The molecule has 0 spiro atoms. The van der Waals surface area contributed by atoms with Crippen molar-refractivity contribution in [2.45, 2.75) is 70.6 Å². The van der Waals surface area contributed by atoms with Crippen LogP contribution in [0.1, 0.15) is 57.8 Å². The van der Waals surface area contributed by atoms with Crippen LogP contribution in [0, 0.1) is 12.8 Å². The van der Waals surface area contributed by atoms with Crippen LogP contribution in [0.5, 0.6) is 0 Å². The highest BCUT2D eigenvalue weighted by molar-refractivity contribution is 7.99. The maximum Gasteiger partial charge on any atom is 0.330 e. The summed E-state index contributed by atoms with van der Waals surface area (Å²) >= 11 is 1.29. The van der Waals surface area contributed by atoms with Gasteiger partial charge in [-0.1, -0.05) is 44.9 Å². The summed E-state index contributed by atoms with van der Waals surface area (Å²) in [5, 5.41) is 9.22. The fourth-order valence-corrected chi connectivity index (χ4v) is 5.27. The molecule has 11 nitrogen and oxygen atoms in total. The van der Waals surface area contributed by atoms with Gasteiger partial charge in [0.2, 0.25) is 5.91 Å². The molecule has 3 rings (SSSR count). The predicted octanol–water partition coefficient (Wildman–Crippen LogP) is 1.95. The van der Waals surface area contributed by atoms with E-state index in [-0.39, 0.29) is 42.2 Å². The number of aryl methyl sites for hydroxylation is 1. The van der Waals surface area contributed by atoms with Crippen molar-refractivity contribution in [3.05, 3.63) is 26.7 Å². The molecule has 1 fully saturated rings. The Morgan fingerprint density at radius 3 is 2.62 bits per heavy atom. The molecule has 1 amide bonds. The molecular weight excluding hydrogens is 458 g/mol. The van der Waals surface area contributed by atoms with Gasteiger partial charge in [-0.25, -0.2) is 4.79 Å². The maximum absolute atomic E-state index is 13.3. The molecule has 0 radical (unpaired) electrons. The van der Waals surface area contributed by atoms with Crippen LogP contribution in [-0.4, -0.2) is 56.2 Å². The number of hydrogen-bond acceptors (Lipinski definition) is 8. The summed E-state index contributed by atoms with van der Waals surface area (Å²) in [4.78, 5) is 42.0. The summed E-state index contributed by atoms with van der Waals surface area (Å²) in [7, 11) is 1.51. The molecule has 2 heterocycles. The number of hydrogen-bond donors (Lipinski definition) is 2. The van der Waals surface area contributed by atoms with E-state index in [1.807, 2.05) is 20.8 Å². The predicted molar refractivity (Wildman–Crippen MR) is 132 cm³/mol. The Morgan fingerprint density at radius 2 is 1.97 bits per heavy atom. The van der Waals surface area contributed by atoms with E-state index in [0.717, 1.165) is 18.7 Å². The zero-order valence-corrected chi connectivity index (χ0v) is 21.2. The third-order valence-electron chi connectivity index (χ3n) is 5.95. The van der Waals surface area contributed by atoms with Crippen molar-refractivity contribution in [3.63, 3.8) is 0 Å². The number of nitrogens with two attached hydrogens (primary N) is 1. The minimum Gasteiger partial charge on any atom is -0.383 e. The number of anilines is 2. The lowest BCUT2D eigenvalue weighted by atomic mass is 9.95. The fraction of sp³-hybridized carbons (Fsp3) is 0.682. The van der Waals surface area contributed by atoms with E-state index < -0.39 is 11.2 Å². The summed E-state index contributed by atoms with van der Waals surface area (Å²) < 4.78 is 8.58. The van der Waals surface area contributed by atoms with Crippen LogP contribution in [0.25, 0.3) is 0 Å². The van der Waals surface area contributed by atoms with Gasteiger partial charge in [0.25, 0.3) is 5.56 Å². The zero-order chi connectivity index (χ0) is 24.8. The third kappa shape index (κ3) is 5.90. The largest absolute Gasteiger partial charge is 0.383 e. The molecule has 0 unspecified atom stereocenters. The second-order valence-corrected chi connectivity index (χ2v) is 9.96. The number of nitrogens with zero attached hydrogens (tertiary/aromatic N) is 5. The first-order valence-corrected chi connectivity index (χ1v) is 12.7. The van der Waals surface area contributed by atoms with Gasteiger partial charge < -0.3 is 19.9 Å². The lowest BCUT2D eigenvalue weighted by molar-refractivity contribution is -0.116. The van der Waals surface area contributed by atoms with E-state index >= 15 is 0 Å². The van der Waals surface area contributed by atoms with Crippen LogP contribution in [-0.2, 0) is 16.1 Å². The summed E-state index contributed by atoms with van der Waals surface area (Å²) in [6.45, 7) is 6.44. The Balaban J connectivity index is 1.87. The quantitative estimate of drug-likeness (QED) is 0.479. The van der Waals surface area contributed by atoms with Crippen LogP contribution in [0.4, 0.5) is 11.5 Å². The molecule has 0 aliphatic heterocycles. The number of aromatic amines is 1. The van der Waals surface area contributed by atoms with E-state index in [4.69, 9.17) is 10.5 Å². The van der Waals surface area contributed by atoms with Crippen LogP contribution in [0.2, 0.25) is 0 Å². The molecule has 1 aliphatic rings. The first kappa shape index (κ1) is 26.0. The van der Waals surface area contributed by atoms with E-state index in [1.165, 1.54) is 47.6 Å². The Kier molecular flexibility index (Phi) is 8.95. The first-order valence-electron chi connectivity index (χ1n) is 11.7. The monoisotopic (exact) mass is 493 g/mol. The van der Waals surface area contributed by atoms with Gasteiger partial charge in [0.1, 0.15) is 11.6 Å². The second-order valence-electron chi connectivity index (χ2n) is 9.02. The molecule has 1 saturated carbocycles. The van der Waals surface area contributed by atoms with Gasteiger partial charge in [-0.15, -0.1) is 10.2 Å². The van der Waals surface area contributed by atoms with Crippen molar-refractivity contribution in [1.82, 2.24) is 24.3 Å². The molecule has 34 heavy (non-hydrogen) atoms. The number of methoxy groups -OCH3 is 1. The van der Waals surface area contributed by atoms with Crippen molar-refractivity contribution < 1.29 is 9.53 Å². The molecule has 12 heteroatoms. The molecule has 0 saturated heterocycles. The van der Waals surface area contributed by atoms with Gasteiger partial charge in [-0.2, -0.15) is 0 Å². The van der Waals surface area contributed by atoms with Gasteiger partial charge >= 0.3 is 5.69 Å². The highest BCUT2D eigenvalue weighted by atomic mass is 32.2. The van der Waals surface area contributed by atoms with E-state index in [0.29, 0.717) is 17.7 Å². The zero-order valence-electron chi connectivity index (χ0n) is 20.4. The van der Waals surface area contributed by atoms with Crippen LogP contribution >= 0.6 is 11.8 Å². The summed E-state index contributed by atoms with van der Waals surface area (Å²) in [6, 6.07) is 0.337. The van der Waals surface area contributed by atoms with Gasteiger partial charge in [0.15, 0.2) is 10.8 Å². The average Bonchev–Trinajstić information content (AvgIpc) is 3.17. The number of nitrogen functional groups attached to an aromatic ring is 1. The molecule has 0 atom stereocenters. The highest BCUT2D eigenvalue weighted by Crippen LogP contribution is 2.32. The number of nitrogens with one attached hydrogen (secondary N) is 1. The number of rotatable bonds is 10. The molecule has 0 aromatic carbocycles. The summed E-state index contributed by atoms with van der Waals surface area (Å²) in [5.74, 6) is 0.630. The smallest absolute Gasteiger partial charge is 0.330 e. The van der Waals surface area contributed by atoms with Crippen molar-refractivity contribution in [3.8, 4) is 0 Å². The lowest BCUT2D eigenvalue weighted by Gasteiger charge is -2.26. The summed E-state index contributed by atoms with van der Waals surface area (Å²) in [5.41, 5.74) is 4.93. The van der Waals surface area contributed by atoms with Gasteiger partial charge in [0.05, 0.1) is 12.4 Å². The molecule has 3 N–H and O–H groups in total. The standard InChI is InChI=1S/C22H35N7O4S/c1-14(2)12-28-19(23)18(20(31)24-21(28)32)27(10-11-33-4)17(30)13-34-22-26-25-15(3)29(22)16-8-6-5-7-9-16/h14,16H,5-13,23H2,1-4H3,(H,24,31,32). The number of ether oxygens (including phenoxy) is 1. The van der Waals surface area contributed by atoms with Gasteiger partial charge in [-0.3, -0.25) is 19.1 Å². The third-order valence-corrected chi connectivity index (χ3v) is 6.88. The van der Waals surface area contributed by atoms with E-state index in [2.05, 4.69) is 19.7 Å². The molecular formula is C22H35N7O4S. The Hall–Kier alpha value is -2.60. The minimum atomic E-state index is -0.696. The SMILES string of the molecule is COCCN(C(=O)CSc1nnc(C)n1C1CCCCC1)c1c(N)n(CC(C)C)c(=O)[nH]c1=O. The van der Waals surface area contributed by atoms with Crippen molar-refractivity contribution in [2.24, 2.45) is 5.92 Å². The number of amides is 1. The van der Waals surface area contributed by atoms with E-state index in [1.54, 1.807) is 0 Å². The number of thioether (sulfide) groups is 1. The Labute approximate surface area is 203 Å². The van der Waals surface area contributed by atoms with Crippen molar-refractivity contribution in [1.29, 1.82) is 0 Å². The number of aromatic nitrogens is 5. The average molecular weight is 494 g/mol.